The van der Waals surface area contributed by atoms with Crippen LogP contribution in [0.2, 0.25) is 0 Å². The van der Waals surface area contributed by atoms with Crippen LogP contribution in [0.15, 0.2) is 24.3 Å². The summed E-state index contributed by atoms with van der Waals surface area (Å²) in [5, 5.41) is 3.74. The molecule has 6 heteroatoms. The highest BCUT2D eigenvalue weighted by atomic mass is 32.2. The Hall–Kier alpha value is -1.14. The highest BCUT2D eigenvalue weighted by molar-refractivity contribution is 7.91. The fraction of sp³-hybridized carbons (Fsp3) is 0.533. The highest BCUT2D eigenvalue weighted by Crippen LogP contribution is 2.20. The van der Waals surface area contributed by atoms with Gasteiger partial charge in [-0.1, -0.05) is 26.0 Å². The van der Waals surface area contributed by atoms with Gasteiger partial charge in [-0.2, -0.15) is 0 Å². The second-order valence-corrected chi connectivity index (χ2v) is 8.49. The Balaban J connectivity index is 1.98. The first-order chi connectivity index (χ1) is 9.78. The van der Waals surface area contributed by atoms with Gasteiger partial charge in [0.05, 0.1) is 11.5 Å². The molecule has 0 radical (unpaired) electrons. The molecule has 0 bridgehead atoms. The largest absolute Gasteiger partial charge is 0.348 e. The van der Waals surface area contributed by atoms with E-state index in [1.165, 1.54) is 5.56 Å². The van der Waals surface area contributed by atoms with Gasteiger partial charge in [-0.15, -0.1) is 0 Å². The Bertz CT molecular complexity index is 609. The molecule has 1 atom stereocenters. The van der Waals surface area contributed by atoms with Crippen LogP contribution in [0.3, 0.4) is 0 Å². The van der Waals surface area contributed by atoms with E-state index < -0.39 is 9.84 Å². The Labute approximate surface area is 132 Å². The van der Waals surface area contributed by atoms with Gasteiger partial charge in [0.25, 0.3) is 0 Å². The van der Waals surface area contributed by atoms with E-state index in [1.807, 2.05) is 24.1 Å². The summed E-state index contributed by atoms with van der Waals surface area (Å²) in [6, 6.07) is 8.14. The molecular formula is C15H22N2O2S2. The molecule has 0 spiro atoms. The standard InChI is InChI=1S/C15H22N2O2S2/c1-11(2)12-4-6-13(7-5-12)16-15(20)17(3)14-8-9-21(18,19)10-14/h4-7,11,14H,8-10H2,1-3H3,(H,16,20)/t14-/m1/s1. The number of nitrogens with one attached hydrogen (secondary N) is 1. The van der Waals surface area contributed by atoms with Crippen molar-refractivity contribution in [2.75, 3.05) is 23.9 Å². The number of nitrogens with zero attached hydrogens (tertiary/aromatic N) is 1. The number of sulfone groups is 1. The van der Waals surface area contributed by atoms with Crippen LogP contribution >= 0.6 is 12.2 Å². The lowest BCUT2D eigenvalue weighted by Crippen LogP contribution is -2.40. The third-order valence-corrected chi connectivity index (χ3v) is 6.05. The predicted octanol–water partition coefficient (Wildman–Crippen LogP) is 2.63. The van der Waals surface area contributed by atoms with Crippen LogP contribution in [0.4, 0.5) is 5.69 Å². The number of thiocarbonyl (C=S) groups is 1. The summed E-state index contributed by atoms with van der Waals surface area (Å²) >= 11 is 5.37. The van der Waals surface area contributed by atoms with Gasteiger partial charge in [0.15, 0.2) is 14.9 Å². The maximum Gasteiger partial charge on any atom is 0.173 e. The Morgan fingerprint density at radius 2 is 1.95 bits per heavy atom. The van der Waals surface area contributed by atoms with E-state index in [-0.39, 0.29) is 17.5 Å². The van der Waals surface area contributed by atoms with Crippen molar-refractivity contribution in [3.8, 4) is 0 Å². The average molecular weight is 326 g/mol. The van der Waals surface area contributed by atoms with Gasteiger partial charge in [0.2, 0.25) is 0 Å². The molecule has 0 aromatic heterocycles. The van der Waals surface area contributed by atoms with Crippen LogP contribution in [0, 0.1) is 0 Å². The molecule has 4 nitrogen and oxygen atoms in total. The van der Waals surface area contributed by atoms with Crippen molar-refractivity contribution < 1.29 is 8.42 Å². The molecule has 1 aromatic rings. The van der Waals surface area contributed by atoms with Crippen molar-refractivity contribution in [2.45, 2.75) is 32.2 Å². The normalized spacial score (nSPS) is 20.5. The van der Waals surface area contributed by atoms with Gasteiger partial charge in [0, 0.05) is 18.8 Å². The van der Waals surface area contributed by atoms with E-state index in [2.05, 4.69) is 31.3 Å². The fourth-order valence-corrected chi connectivity index (χ4v) is 4.45. The van der Waals surface area contributed by atoms with E-state index in [9.17, 15) is 8.42 Å². The highest BCUT2D eigenvalue weighted by Gasteiger charge is 2.31. The van der Waals surface area contributed by atoms with Crippen molar-refractivity contribution in [3.63, 3.8) is 0 Å². The lowest BCUT2D eigenvalue weighted by Gasteiger charge is -2.26. The molecule has 0 saturated carbocycles. The van der Waals surface area contributed by atoms with Crippen LogP contribution in [0.1, 0.15) is 31.7 Å². The fourth-order valence-electron chi connectivity index (χ4n) is 2.41. The molecule has 2 rings (SSSR count). The first-order valence-electron chi connectivity index (χ1n) is 7.13. The summed E-state index contributed by atoms with van der Waals surface area (Å²) in [5.74, 6) is 0.947. The molecule has 1 saturated heterocycles. The van der Waals surface area contributed by atoms with Crippen molar-refractivity contribution in [1.82, 2.24) is 4.90 Å². The van der Waals surface area contributed by atoms with Crippen molar-refractivity contribution in [2.24, 2.45) is 0 Å². The maximum absolute atomic E-state index is 11.5. The van der Waals surface area contributed by atoms with Crippen LogP contribution in [-0.2, 0) is 9.84 Å². The summed E-state index contributed by atoms with van der Waals surface area (Å²) in [7, 11) is -1.04. The van der Waals surface area contributed by atoms with Crippen LogP contribution < -0.4 is 5.32 Å². The zero-order chi connectivity index (χ0) is 15.6. The zero-order valence-corrected chi connectivity index (χ0v) is 14.3. The van der Waals surface area contributed by atoms with E-state index in [0.29, 0.717) is 17.5 Å². The van der Waals surface area contributed by atoms with E-state index in [0.717, 1.165) is 5.69 Å². The topological polar surface area (TPSA) is 49.4 Å². The minimum absolute atomic E-state index is 0.0232. The monoisotopic (exact) mass is 326 g/mol. The van der Waals surface area contributed by atoms with Crippen LogP contribution in [0.5, 0.6) is 0 Å². The number of hydrogen-bond donors (Lipinski definition) is 1. The van der Waals surface area contributed by atoms with Gasteiger partial charge in [0.1, 0.15) is 0 Å². The van der Waals surface area contributed by atoms with Gasteiger partial charge >= 0.3 is 0 Å². The number of benzene rings is 1. The molecule has 0 amide bonds. The molecule has 1 aliphatic rings. The SMILES string of the molecule is CC(C)c1ccc(NC(=S)N(C)[C@@H]2CCS(=O)(=O)C2)cc1. The Kier molecular flexibility index (Phi) is 4.88. The first-order valence-corrected chi connectivity index (χ1v) is 9.35. The third kappa shape index (κ3) is 4.17. The second-order valence-electron chi connectivity index (χ2n) is 5.87. The summed E-state index contributed by atoms with van der Waals surface area (Å²) in [4.78, 5) is 1.86. The Morgan fingerprint density at radius 1 is 1.33 bits per heavy atom. The van der Waals surface area contributed by atoms with Crippen molar-refractivity contribution in [3.05, 3.63) is 29.8 Å². The second kappa shape index (κ2) is 6.32. The molecule has 1 N–H and O–H groups in total. The lowest BCUT2D eigenvalue weighted by atomic mass is 10.0. The predicted molar refractivity (Wildman–Crippen MR) is 91.6 cm³/mol. The molecule has 1 fully saturated rings. The summed E-state index contributed by atoms with van der Waals surface area (Å²) in [6.45, 7) is 4.31. The average Bonchev–Trinajstić information content (AvgIpc) is 2.78. The quantitative estimate of drug-likeness (QED) is 0.865. The number of rotatable bonds is 3. The third-order valence-electron chi connectivity index (χ3n) is 3.91. The molecule has 1 heterocycles. The lowest BCUT2D eigenvalue weighted by molar-refractivity contribution is 0.402. The molecule has 0 unspecified atom stereocenters. The summed E-state index contributed by atoms with van der Waals surface area (Å²) in [6.07, 6.45) is 0.646. The van der Waals surface area contributed by atoms with Gasteiger partial charge in [-0.05, 0) is 42.3 Å². The van der Waals surface area contributed by atoms with Gasteiger partial charge < -0.3 is 10.2 Å². The number of hydrogen-bond acceptors (Lipinski definition) is 3. The molecule has 1 aromatic carbocycles. The van der Waals surface area contributed by atoms with E-state index in [4.69, 9.17) is 12.2 Å². The molecule has 0 aliphatic carbocycles. The smallest absolute Gasteiger partial charge is 0.173 e. The van der Waals surface area contributed by atoms with Crippen molar-refractivity contribution >= 4 is 32.9 Å². The van der Waals surface area contributed by atoms with E-state index >= 15 is 0 Å². The van der Waals surface area contributed by atoms with E-state index in [1.54, 1.807) is 0 Å². The molecular weight excluding hydrogens is 304 g/mol. The minimum atomic E-state index is -2.89. The van der Waals surface area contributed by atoms with Gasteiger partial charge in [-0.25, -0.2) is 8.42 Å². The minimum Gasteiger partial charge on any atom is -0.348 e. The molecule has 1 aliphatic heterocycles. The summed E-state index contributed by atoms with van der Waals surface area (Å²) < 4.78 is 23.1. The molecule has 21 heavy (non-hydrogen) atoms. The van der Waals surface area contributed by atoms with Crippen LogP contribution in [0.25, 0.3) is 0 Å². The first kappa shape index (κ1) is 16.2. The maximum atomic E-state index is 11.5. The molecule has 116 valence electrons. The number of anilines is 1. The summed E-state index contributed by atoms with van der Waals surface area (Å²) in [5.41, 5.74) is 2.21. The van der Waals surface area contributed by atoms with Crippen LogP contribution in [-0.4, -0.2) is 43.0 Å². The zero-order valence-electron chi connectivity index (χ0n) is 12.7. The Morgan fingerprint density at radius 3 is 2.43 bits per heavy atom. The van der Waals surface area contributed by atoms with Gasteiger partial charge in [-0.3, -0.25) is 0 Å². The van der Waals surface area contributed by atoms with Crippen molar-refractivity contribution in [1.29, 1.82) is 0 Å².